The van der Waals surface area contributed by atoms with E-state index in [1.54, 1.807) is 0 Å². The zero-order valence-electron chi connectivity index (χ0n) is 8.37. The Morgan fingerprint density at radius 3 is 2.59 bits per heavy atom. The SMILES string of the molecule is N#CC(O)C(O)c1cc([N+](=O)[O-])c(N)cc1Cl. The molecule has 2 unspecified atom stereocenters. The molecule has 0 amide bonds. The molecule has 1 rings (SSSR count). The van der Waals surface area contributed by atoms with Gasteiger partial charge in [0, 0.05) is 16.7 Å². The number of halogens is 1. The average Bonchev–Trinajstić information content (AvgIpc) is 2.26. The molecular formula is C9H8ClN3O4. The average molecular weight is 258 g/mol. The molecule has 0 spiro atoms. The molecule has 0 saturated heterocycles. The predicted molar refractivity (Wildman–Crippen MR) is 59.1 cm³/mol. The fourth-order valence-electron chi connectivity index (χ4n) is 1.22. The Kier molecular flexibility index (Phi) is 3.85. The van der Waals surface area contributed by atoms with Crippen LogP contribution in [0.3, 0.4) is 0 Å². The van der Waals surface area contributed by atoms with Crippen molar-refractivity contribution in [3.05, 3.63) is 32.8 Å². The van der Waals surface area contributed by atoms with Crippen LogP contribution in [0.15, 0.2) is 12.1 Å². The lowest BCUT2D eigenvalue weighted by molar-refractivity contribution is -0.384. The number of nitrogens with zero attached hydrogens (tertiary/aromatic N) is 2. The van der Waals surface area contributed by atoms with Gasteiger partial charge in [0.1, 0.15) is 11.8 Å². The van der Waals surface area contributed by atoms with Crippen LogP contribution in [0.5, 0.6) is 0 Å². The molecule has 17 heavy (non-hydrogen) atoms. The summed E-state index contributed by atoms with van der Waals surface area (Å²) in [4.78, 5) is 9.87. The first-order chi connectivity index (χ1) is 7.88. The van der Waals surface area contributed by atoms with Crippen molar-refractivity contribution >= 4 is 23.0 Å². The number of nitrogens with two attached hydrogens (primary N) is 1. The van der Waals surface area contributed by atoms with Crippen LogP contribution in [0.1, 0.15) is 11.7 Å². The molecule has 0 radical (unpaired) electrons. The molecule has 7 nitrogen and oxygen atoms in total. The van der Waals surface area contributed by atoms with E-state index in [9.17, 15) is 15.2 Å². The Bertz CT molecular complexity index is 500. The van der Waals surface area contributed by atoms with Crippen molar-refractivity contribution in [2.24, 2.45) is 0 Å². The lowest BCUT2D eigenvalue weighted by Crippen LogP contribution is -2.16. The van der Waals surface area contributed by atoms with Gasteiger partial charge >= 0.3 is 0 Å². The molecule has 0 aliphatic rings. The Balaban J connectivity index is 3.30. The van der Waals surface area contributed by atoms with E-state index < -0.39 is 22.8 Å². The largest absolute Gasteiger partial charge is 0.393 e. The topological polar surface area (TPSA) is 133 Å². The van der Waals surface area contributed by atoms with Gasteiger partial charge in [-0.15, -0.1) is 0 Å². The molecular weight excluding hydrogens is 250 g/mol. The molecule has 0 fully saturated rings. The first-order valence-corrected chi connectivity index (χ1v) is 4.75. The summed E-state index contributed by atoms with van der Waals surface area (Å²) in [6.07, 6.45) is -3.36. The Morgan fingerprint density at radius 1 is 1.53 bits per heavy atom. The Labute approximate surface area is 101 Å². The van der Waals surface area contributed by atoms with E-state index in [1.165, 1.54) is 6.07 Å². The highest BCUT2D eigenvalue weighted by Gasteiger charge is 2.24. The van der Waals surface area contributed by atoms with Crippen LogP contribution >= 0.6 is 11.6 Å². The molecule has 90 valence electrons. The molecule has 4 N–H and O–H groups in total. The second kappa shape index (κ2) is 4.97. The van der Waals surface area contributed by atoms with Gasteiger partial charge in [-0.25, -0.2) is 0 Å². The van der Waals surface area contributed by atoms with Crippen LogP contribution in [0.4, 0.5) is 11.4 Å². The van der Waals surface area contributed by atoms with Gasteiger partial charge in [-0.05, 0) is 6.07 Å². The van der Waals surface area contributed by atoms with Gasteiger partial charge in [-0.2, -0.15) is 5.26 Å². The van der Waals surface area contributed by atoms with E-state index in [4.69, 9.17) is 27.7 Å². The fourth-order valence-corrected chi connectivity index (χ4v) is 1.50. The minimum atomic E-state index is -1.73. The van der Waals surface area contributed by atoms with Gasteiger partial charge in [-0.3, -0.25) is 10.1 Å². The summed E-state index contributed by atoms with van der Waals surface area (Å²) in [5.74, 6) is 0. The van der Waals surface area contributed by atoms with Gasteiger partial charge in [0.05, 0.1) is 11.0 Å². The summed E-state index contributed by atoms with van der Waals surface area (Å²) >= 11 is 5.72. The highest BCUT2D eigenvalue weighted by Crippen LogP contribution is 2.33. The fraction of sp³-hybridized carbons (Fsp3) is 0.222. The monoisotopic (exact) mass is 257 g/mol. The summed E-state index contributed by atoms with van der Waals surface area (Å²) in [5.41, 5.74) is 4.63. The van der Waals surface area contributed by atoms with Gasteiger partial charge in [-0.1, -0.05) is 11.6 Å². The summed E-state index contributed by atoms with van der Waals surface area (Å²) in [5, 5.41) is 37.7. The molecule has 0 saturated carbocycles. The molecule has 0 aromatic heterocycles. The van der Waals surface area contributed by atoms with Gasteiger partial charge in [0.2, 0.25) is 0 Å². The normalized spacial score (nSPS) is 13.8. The maximum absolute atomic E-state index is 10.6. The molecule has 1 aromatic carbocycles. The van der Waals surface area contributed by atoms with Crippen LogP contribution in [0, 0.1) is 21.4 Å². The number of aliphatic hydroxyl groups is 2. The summed E-state index contributed by atoms with van der Waals surface area (Å²) < 4.78 is 0. The van der Waals surface area contributed by atoms with Gasteiger partial charge in [0.25, 0.3) is 5.69 Å². The molecule has 0 bridgehead atoms. The van der Waals surface area contributed by atoms with Crippen LogP contribution < -0.4 is 5.73 Å². The standard InChI is InChI=1S/C9H8ClN3O4/c10-5-2-6(12)7(13(16)17)1-4(5)9(15)8(14)3-11/h1-2,8-9,14-15H,12H2. The smallest absolute Gasteiger partial charge is 0.292 e. The number of hydrogen-bond acceptors (Lipinski definition) is 6. The minimum Gasteiger partial charge on any atom is -0.393 e. The van der Waals surface area contributed by atoms with Crippen LogP contribution in [0.25, 0.3) is 0 Å². The number of nitro benzene ring substituents is 1. The zero-order valence-corrected chi connectivity index (χ0v) is 9.13. The van der Waals surface area contributed by atoms with Gasteiger partial charge in [0.15, 0.2) is 6.10 Å². The number of nitriles is 1. The van der Waals surface area contributed by atoms with Crippen molar-refractivity contribution in [2.45, 2.75) is 12.2 Å². The maximum atomic E-state index is 10.6. The second-order valence-corrected chi connectivity index (χ2v) is 3.62. The van der Waals surface area contributed by atoms with E-state index in [1.807, 2.05) is 0 Å². The van der Waals surface area contributed by atoms with Crippen molar-refractivity contribution in [2.75, 3.05) is 5.73 Å². The van der Waals surface area contributed by atoms with Crippen molar-refractivity contribution in [1.82, 2.24) is 0 Å². The quantitative estimate of drug-likeness (QED) is 0.317. The maximum Gasteiger partial charge on any atom is 0.292 e. The van der Waals surface area contributed by atoms with E-state index in [0.717, 1.165) is 12.1 Å². The summed E-state index contributed by atoms with van der Waals surface area (Å²) in [6, 6.07) is 3.42. The highest BCUT2D eigenvalue weighted by molar-refractivity contribution is 6.31. The van der Waals surface area contributed by atoms with Crippen LogP contribution in [0.2, 0.25) is 5.02 Å². The minimum absolute atomic E-state index is 0.0603. The Morgan fingerprint density at radius 2 is 2.12 bits per heavy atom. The van der Waals surface area contributed by atoms with Crippen LogP contribution in [-0.2, 0) is 0 Å². The third-order valence-electron chi connectivity index (χ3n) is 2.09. The number of aliphatic hydroxyl groups excluding tert-OH is 2. The van der Waals surface area contributed by atoms with Crippen molar-refractivity contribution in [3.8, 4) is 6.07 Å². The first-order valence-electron chi connectivity index (χ1n) is 4.37. The zero-order chi connectivity index (χ0) is 13.2. The number of rotatable bonds is 3. The van der Waals surface area contributed by atoms with Gasteiger partial charge < -0.3 is 15.9 Å². The third-order valence-corrected chi connectivity index (χ3v) is 2.42. The number of nitrogen functional groups attached to an aromatic ring is 1. The summed E-state index contributed by atoms with van der Waals surface area (Å²) in [7, 11) is 0. The molecule has 0 aliphatic heterocycles. The van der Waals surface area contributed by atoms with E-state index >= 15 is 0 Å². The molecule has 0 aliphatic carbocycles. The van der Waals surface area contributed by atoms with Crippen molar-refractivity contribution in [3.63, 3.8) is 0 Å². The van der Waals surface area contributed by atoms with E-state index in [0.29, 0.717) is 0 Å². The molecule has 2 atom stereocenters. The molecule has 0 heterocycles. The molecule has 8 heteroatoms. The van der Waals surface area contributed by atoms with Crippen molar-refractivity contribution < 1.29 is 15.1 Å². The summed E-state index contributed by atoms with van der Waals surface area (Å²) in [6.45, 7) is 0. The number of benzene rings is 1. The third kappa shape index (κ3) is 2.62. The molecule has 1 aromatic rings. The Hall–Kier alpha value is -1.88. The number of nitro groups is 1. The van der Waals surface area contributed by atoms with Crippen LogP contribution in [-0.4, -0.2) is 21.2 Å². The van der Waals surface area contributed by atoms with E-state index in [2.05, 4.69) is 0 Å². The van der Waals surface area contributed by atoms with Crippen molar-refractivity contribution in [1.29, 1.82) is 5.26 Å². The number of anilines is 1. The lowest BCUT2D eigenvalue weighted by Gasteiger charge is -2.14. The second-order valence-electron chi connectivity index (χ2n) is 3.21. The van der Waals surface area contributed by atoms with E-state index in [-0.39, 0.29) is 16.3 Å². The highest BCUT2D eigenvalue weighted by atomic mass is 35.5. The first kappa shape index (κ1) is 13.2. The predicted octanol–water partition coefficient (Wildman–Crippen LogP) is 0.748. The lowest BCUT2D eigenvalue weighted by atomic mass is 10.0. The number of hydrogen-bond donors (Lipinski definition) is 3.